The number of aliphatic hydroxyl groups is 1. The Hall–Kier alpha value is -0.810. The molecular formula is C7H15N3O2. The Morgan fingerprint density at radius 3 is 2.58 bits per heavy atom. The first-order chi connectivity index (χ1) is 5.72. The maximum absolute atomic E-state index is 9.18. The van der Waals surface area contributed by atoms with Crippen LogP contribution in [0.15, 0.2) is 5.16 Å². The van der Waals surface area contributed by atoms with Crippen LogP contribution in [0, 0.1) is 0 Å². The topological polar surface area (TPSA) is 82.1 Å². The molecular weight excluding hydrogens is 158 g/mol. The molecule has 1 saturated heterocycles. The van der Waals surface area contributed by atoms with E-state index in [1.807, 2.05) is 0 Å². The molecule has 5 nitrogen and oxygen atoms in total. The van der Waals surface area contributed by atoms with Crippen molar-refractivity contribution in [3.05, 3.63) is 0 Å². The van der Waals surface area contributed by atoms with Crippen molar-refractivity contribution in [3.63, 3.8) is 0 Å². The van der Waals surface area contributed by atoms with Gasteiger partial charge in [-0.3, -0.25) is 4.90 Å². The minimum absolute atomic E-state index is 0.173. The van der Waals surface area contributed by atoms with Crippen LogP contribution in [0.25, 0.3) is 0 Å². The second-order valence-electron chi connectivity index (χ2n) is 3.10. The van der Waals surface area contributed by atoms with Gasteiger partial charge in [0.15, 0.2) is 5.84 Å². The fraction of sp³-hybridized carbons (Fsp3) is 0.857. The molecule has 4 N–H and O–H groups in total. The molecule has 1 heterocycles. The molecule has 0 aromatic heterocycles. The number of nitrogens with zero attached hydrogens (tertiary/aromatic N) is 2. The van der Waals surface area contributed by atoms with E-state index in [1.165, 1.54) is 0 Å². The Labute approximate surface area is 71.5 Å². The molecule has 5 heteroatoms. The van der Waals surface area contributed by atoms with Gasteiger partial charge in [-0.1, -0.05) is 5.16 Å². The van der Waals surface area contributed by atoms with Gasteiger partial charge in [-0.05, 0) is 12.8 Å². The van der Waals surface area contributed by atoms with Gasteiger partial charge < -0.3 is 16.0 Å². The molecule has 0 atom stereocenters. The van der Waals surface area contributed by atoms with Crippen LogP contribution in [0.2, 0.25) is 0 Å². The average molecular weight is 173 g/mol. The number of aliphatic hydroxyl groups excluding tert-OH is 1. The van der Waals surface area contributed by atoms with Gasteiger partial charge in [0.1, 0.15) is 0 Å². The molecule has 0 bridgehead atoms. The van der Waals surface area contributed by atoms with Crippen LogP contribution in [-0.2, 0) is 0 Å². The predicted octanol–water partition coefficient (Wildman–Crippen LogP) is -0.810. The zero-order chi connectivity index (χ0) is 8.97. The van der Waals surface area contributed by atoms with Gasteiger partial charge in [0.2, 0.25) is 0 Å². The van der Waals surface area contributed by atoms with Crippen molar-refractivity contribution in [2.45, 2.75) is 18.9 Å². The van der Waals surface area contributed by atoms with Gasteiger partial charge in [0, 0.05) is 13.1 Å². The summed E-state index contributed by atoms with van der Waals surface area (Å²) in [6, 6.07) is 0. The first-order valence-electron chi connectivity index (χ1n) is 4.09. The summed E-state index contributed by atoms with van der Waals surface area (Å²) in [7, 11) is 0. The van der Waals surface area contributed by atoms with Gasteiger partial charge >= 0.3 is 0 Å². The van der Waals surface area contributed by atoms with Gasteiger partial charge in [-0.15, -0.1) is 0 Å². The van der Waals surface area contributed by atoms with E-state index >= 15 is 0 Å². The van der Waals surface area contributed by atoms with Gasteiger partial charge in [0.25, 0.3) is 0 Å². The van der Waals surface area contributed by atoms with Crippen LogP contribution in [-0.4, -0.2) is 46.8 Å². The fourth-order valence-corrected chi connectivity index (χ4v) is 1.34. The number of rotatable bonds is 2. The second kappa shape index (κ2) is 4.27. The molecule has 0 spiro atoms. The van der Waals surface area contributed by atoms with E-state index in [4.69, 9.17) is 10.9 Å². The maximum atomic E-state index is 9.18. The van der Waals surface area contributed by atoms with E-state index in [9.17, 15) is 5.11 Å². The number of likely N-dealkylation sites (tertiary alicyclic amines) is 1. The molecule has 1 rings (SSSR count). The van der Waals surface area contributed by atoms with Crippen molar-refractivity contribution in [2.75, 3.05) is 19.6 Å². The number of oxime groups is 1. The minimum atomic E-state index is -0.173. The SMILES string of the molecule is NC(CN1CCC(O)CC1)=NO. The van der Waals surface area contributed by atoms with Crippen molar-refractivity contribution in [1.82, 2.24) is 4.90 Å². The Balaban J connectivity index is 2.26. The van der Waals surface area contributed by atoms with Crippen molar-refractivity contribution in [2.24, 2.45) is 10.9 Å². The minimum Gasteiger partial charge on any atom is -0.409 e. The van der Waals surface area contributed by atoms with Crippen molar-refractivity contribution >= 4 is 5.84 Å². The van der Waals surface area contributed by atoms with Crippen LogP contribution in [0.1, 0.15) is 12.8 Å². The number of piperidine rings is 1. The zero-order valence-corrected chi connectivity index (χ0v) is 6.98. The third kappa shape index (κ3) is 2.67. The quantitative estimate of drug-likeness (QED) is 0.221. The number of hydrogen-bond donors (Lipinski definition) is 3. The van der Waals surface area contributed by atoms with Crippen LogP contribution in [0.4, 0.5) is 0 Å². The van der Waals surface area contributed by atoms with Crippen LogP contribution < -0.4 is 5.73 Å². The molecule has 1 aliphatic rings. The molecule has 1 aliphatic heterocycles. The molecule has 0 aromatic rings. The van der Waals surface area contributed by atoms with Crippen LogP contribution in [0.3, 0.4) is 0 Å². The van der Waals surface area contributed by atoms with E-state index in [2.05, 4.69) is 10.1 Å². The van der Waals surface area contributed by atoms with E-state index in [-0.39, 0.29) is 11.9 Å². The van der Waals surface area contributed by atoms with E-state index < -0.39 is 0 Å². The summed E-state index contributed by atoms with van der Waals surface area (Å²) < 4.78 is 0. The first-order valence-corrected chi connectivity index (χ1v) is 4.09. The van der Waals surface area contributed by atoms with Crippen molar-refractivity contribution < 1.29 is 10.3 Å². The number of hydrogen-bond acceptors (Lipinski definition) is 4. The monoisotopic (exact) mass is 173 g/mol. The molecule has 0 aliphatic carbocycles. The van der Waals surface area contributed by atoms with Gasteiger partial charge in [0.05, 0.1) is 12.6 Å². The summed E-state index contributed by atoms with van der Waals surface area (Å²) in [5.41, 5.74) is 5.33. The summed E-state index contributed by atoms with van der Waals surface area (Å²) in [4.78, 5) is 2.06. The second-order valence-corrected chi connectivity index (χ2v) is 3.10. The normalized spacial score (nSPS) is 22.9. The summed E-state index contributed by atoms with van der Waals surface area (Å²) in [5, 5.41) is 20.4. The highest BCUT2D eigenvalue weighted by molar-refractivity contribution is 5.81. The van der Waals surface area contributed by atoms with E-state index in [0.29, 0.717) is 6.54 Å². The van der Waals surface area contributed by atoms with Crippen LogP contribution in [0.5, 0.6) is 0 Å². The molecule has 12 heavy (non-hydrogen) atoms. The first kappa shape index (κ1) is 9.28. The lowest BCUT2D eigenvalue weighted by atomic mass is 10.1. The highest BCUT2D eigenvalue weighted by Gasteiger charge is 2.17. The fourth-order valence-electron chi connectivity index (χ4n) is 1.34. The summed E-state index contributed by atoms with van der Waals surface area (Å²) in [6.45, 7) is 2.12. The zero-order valence-electron chi connectivity index (χ0n) is 6.98. The maximum Gasteiger partial charge on any atom is 0.153 e. The molecule has 0 unspecified atom stereocenters. The Morgan fingerprint density at radius 2 is 2.08 bits per heavy atom. The lowest BCUT2D eigenvalue weighted by Crippen LogP contribution is -2.41. The number of nitrogens with two attached hydrogens (primary N) is 1. The van der Waals surface area contributed by atoms with Crippen LogP contribution >= 0.6 is 0 Å². The van der Waals surface area contributed by atoms with Crippen molar-refractivity contribution in [3.8, 4) is 0 Å². The standard InChI is InChI=1S/C7H15N3O2/c8-7(9-12)5-10-3-1-6(11)2-4-10/h6,11-12H,1-5H2,(H2,8,9). The molecule has 1 fully saturated rings. The van der Waals surface area contributed by atoms with Crippen molar-refractivity contribution in [1.29, 1.82) is 0 Å². The summed E-state index contributed by atoms with van der Waals surface area (Å²) >= 11 is 0. The summed E-state index contributed by atoms with van der Waals surface area (Å²) in [5.74, 6) is 0.228. The smallest absolute Gasteiger partial charge is 0.153 e. The lowest BCUT2D eigenvalue weighted by molar-refractivity contribution is 0.0893. The van der Waals surface area contributed by atoms with E-state index in [1.54, 1.807) is 0 Å². The third-order valence-electron chi connectivity index (χ3n) is 2.07. The molecule has 0 radical (unpaired) electrons. The largest absolute Gasteiger partial charge is 0.409 e. The average Bonchev–Trinajstić information content (AvgIpc) is 2.09. The highest BCUT2D eigenvalue weighted by Crippen LogP contribution is 2.08. The van der Waals surface area contributed by atoms with Gasteiger partial charge in [-0.2, -0.15) is 0 Å². The van der Waals surface area contributed by atoms with E-state index in [0.717, 1.165) is 25.9 Å². The highest BCUT2D eigenvalue weighted by atomic mass is 16.4. The Morgan fingerprint density at radius 1 is 1.50 bits per heavy atom. The number of amidine groups is 1. The Bertz CT molecular complexity index is 164. The lowest BCUT2D eigenvalue weighted by Gasteiger charge is -2.28. The Kier molecular flexibility index (Phi) is 3.31. The van der Waals surface area contributed by atoms with Gasteiger partial charge in [-0.25, -0.2) is 0 Å². The molecule has 0 saturated carbocycles. The molecule has 0 amide bonds. The predicted molar refractivity (Wildman–Crippen MR) is 45.1 cm³/mol. The molecule has 70 valence electrons. The third-order valence-corrected chi connectivity index (χ3v) is 2.07. The summed E-state index contributed by atoms with van der Waals surface area (Å²) in [6.07, 6.45) is 1.38. The molecule has 0 aromatic carbocycles.